The molecule has 0 saturated heterocycles. The quantitative estimate of drug-likeness (QED) is 0.386. The predicted molar refractivity (Wildman–Crippen MR) is 124 cm³/mol. The molecule has 1 amide bonds. The van der Waals surface area contributed by atoms with Crippen LogP contribution in [0.25, 0.3) is 5.69 Å². The molecule has 0 atom stereocenters. The maximum atomic E-state index is 12.7. The van der Waals surface area contributed by atoms with Gasteiger partial charge in [-0.2, -0.15) is 5.10 Å². The number of aryl methyl sites for hydroxylation is 2. The molecule has 0 spiro atoms. The molecule has 0 radical (unpaired) electrons. The highest BCUT2D eigenvalue weighted by atomic mass is 16.5. The van der Waals surface area contributed by atoms with Crippen LogP contribution >= 0.6 is 0 Å². The number of nitrogens with zero attached hydrogens (tertiary/aromatic N) is 3. The lowest BCUT2D eigenvalue weighted by Gasteiger charge is -2.09. The van der Waals surface area contributed by atoms with Gasteiger partial charge in [0, 0.05) is 17.4 Å². The van der Waals surface area contributed by atoms with Gasteiger partial charge in [0.15, 0.2) is 5.69 Å². The summed E-state index contributed by atoms with van der Waals surface area (Å²) in [5.41, 5.74) is 3.69. The Morgan fingerprint density at radius 1 is 1.09 bits per heavy atom. The van der Waals surface area contributed by atoms with E-state index in [2.05, 4.69) is 15.6 Å². The molecule has 0 fully saturated rings. The Labute approximate surface area is 196 Å². The third-order valence-electron chi connectivity index (χ3n) is 5.12. The van der Waals surface area contributed by atoms with Gasteiger partial charge < -0.3 is 19.3 Å². The number of anilines is 1. The summed E-state index contributed by atoms with van der Waals surface area (Å²) in [4.78, 5) is 24.6. The summed E-state index contributed by atoms with van der Waals surface area (Å²) in [6, 6.07) is 15.6. The molecular weight excluding hydrogens is 436 g/mol. The van der Waals surface area contributed by atoms with Crippen LogP contribution in [0.2, 0.25) is 0 Å². The van der Waals surface area contributed by atoms with Gasteiger partial charge in [-0.25, -0.2) is 9.48 Å². The molecule has 2 aromatic heterocycles. The monoisotopic (exact) mass is 460 g/mol. The zero-order valence-electron chi connectivity index (χ0n) is 19.1. The number of carbonyl (C=O) groups is 2. The second-order valence-electron chi connectivity index (χ2n) is 7.49. The number of amides is 1. The molecule has 4 aromatic rings. The van der Waals surface area contributed by atoms with Crippen LogP contribution in [0.1, 0.15) is 44.8 Å². The number of benzene rings is 2. The number of hydrogen-bond donors (Lipinski definition) is 1. The Balaban J connectivity index is 1.39. The number of carbonyl (C=O) groups excluding carboxylic acids is 2. The molecular formula is C25H24N4O5. The maximum absolute atomic E-state index is 12.7. The number of ether oxygens (including phenoxy) is 2. The van der Waals surface area contributed by atoms with E-state index in [0.717, 1.165) is 17.0 Å². The van der Waals surface area contributed by atoms with Crippen molar-refractivity contribution in [2.24, 2.45) is 0 Å². The molecule has 2 aromatic carbocycles. The van der Waals surface area contributed by atoms with E-state index in [9.17, 15) is 9.59 Å². The van der Waals surface area contributed by atoms with E-state index < -0.39 is 5.97 Å². The topological polar surface area (TPSA) is 108 Å². The van der Waals surface area contributed by atoms with Gasteiger partial charge in [-0.15, -0.1) is 0 Å². The highest BCUT2D eigenvalue weighted by Crippen LogP contribution is 2.20. The lowest BCUT2D eigenvalue weighted by molar-refractivity contribution is 0.0519. The van der Waals surface area contributed by atoms with Crippen molar-refractivity contribution in [1.82, 2.24) is 14.9 Å². The first kappa shape index (κ1) is 22.8. The van der Waals surface area contributed by atoms with E-state index in [1.165, 1.54) is 0 Å². The molecule has 0 aliphatic carbocycles. The van der Waals surface area contributed by atoms with Crippen molar-refractivity contribution < 1.29 is 23.6 Å². The van der Waals surface area contributed by atoms with E-state index in [0.29, 0.717) is 29.3 Å². The van der Waals surface area contributed by atoms with Gasteiger partial charge in [-0.05, 0) is 69.3 Å². The second kappa shape index (κ2) is 10.0. The van der Waals surface area contributed by atoms with Crippen LogP contribution in [0.15, 0.2) is 65.3 Å². The van der Waals surface area contributed by atoms with Crippen LogP contribution in [0, 0.1) is 13.8 Å². The van der Waals surface area contributed by atoms with Gasteiger partial charge in [0.05, 0.1) is 23.6 Å². The Morgan fingerprint density at radius 2 is 1.88 bits per heavy atom. The van der Waals surface area contributed by atoms with Crippen molar-refractivity contribution in [2.45, 2.75) is 27.4 Å². The molecule has 2 heterocycles. The van der Waals surface area contributed by atoms with Crippen molar-refractivity contribution in [2.75, 3.05) is 11.9 Å². The molecule has 0 aliphatic heterocycles. The van der Waals surface area contributed by atoms with E-state index in [1.54, 1.807) is 66.3 Å². The van der Waals surface area contributed by atoms with Crippen LogP contribution in [-0.2, 0) is 11.3 Å². The van der Waals surface area contributed by atoms with Gasteiger partial charge in [0.1, 0.15) is 18.1 Å². The van der Waals surface area contributed by atoms with Gasteiger partial charge in [-0.1, -0.05) is 11.2 Å². The van der Waals surface area contributed by atoms with Crippen molar-refractivity contribution >= 4 is 17.6 Å². The average molecular weight is 460 g/mol. The normalized spacial score (nSPS) is 10.7. The first-order valence-corrected chi connectivity index (χ1v) is 10.7. The summed E-state index contributed by atoms with van der Waals surface area (Å²) in [5, 5.41) is 11.0. The van der Waals surface area contributed by atoms with Gasteiger partial charge in [-0.3, -0.25) is 4.79 Å². The average Bonchev–Trinajstić information content (AvgIpc) is 3.46. The minimum Gasteiger partial charge on any atom is -0.489 e. The maximum Gasteiger partial charge on any atom is 0.358 e. The lowest BCUT2D eigenvalue weighted by Crippen LogP contribution is -2.12. The number of hydrogen-bond acceptors (Lipinski definition) is 7. The predicted octanol–water partition coefficient (Wildman–Crippen LogP) is 4.49. The molecule has 0 bridgehead atoms. The molecule has 34 heavy (non-hydrogen) atoms. The van der Waals surface area contributed by atoms with Crippen molar-refractivity contribution in [1.29, 1.82) is 0 Å². The summed E-state index contributed by atoms with van der Waals surface area (Å²) in [6.45, 7) is 6.06. The lowest BCUT2D eigenvalue weighted by atomic mass is 10.2. The smallest absolute Gasteiger partial charge is 0.358 e. The van der Waals surface area contributed by atoms with E-state index in [-0.39, 0.29) is 18.2 Å². The van der Waals surface area contributed by atoms with Gasteiger partial charge in [0.2, 0.25) is 0 Å². The SMILES string of the molecule is CCOC(=O)c1ccn(-c2cccc(NC(=O)c3ccc(OCc4c(C)noc4C)cc3)c2)n1. The highest BCUT2D eigenvalue weighted by Gasteiger charge is 2.13. The zero-order valence-corrected chi connectivity index (χ0v) is 19.1. The van der Waals surface area contributed by atoms with Crippen LogP contribution in [0.5, 0.6) is 5.75 Å². The van der Waals surface area contributed by atoms with Crippen LogP contribution in [-0.4, -0.2) is 33.4 Å². The first-order valence-electron chi connectivity index (χ1n) is 10.7. The van der Waals surface area contributed by atoms with Crippen molar-refractivity contribution in [3.05, 3.63) is 89.1 Å². The first-order chi connectivity index (χ1) is 16.4. The van der Waals surface area contributed by atoms with Crippen LogP contribution in [0.3, 0.4) is 0 Å². The molecule has 0 aliphatic rings. The fourth-order valence-electron chi connectivity index (χ4n) is 3.28. The number of esters is 1. The Morgan fingerprint density at radius 3 is 2.59 bits per heavy atom. The largest absolute Gasteiger partial charge is 0.489 e. The summed E-state index contributed by atoms with van der Waals surface area (Å²) in [7, 11) is 0. The molecule has 0 saturated carbocycles. The van der Waals surface area contributed by atoms with E-state index >= 15 is 0 Å². The van der Waals surface area contributed by atoms with Gasteiger partial charge in [0.25, 0.3) is 5.91 Å². The third-order valence-corrected chi connectivity index (χ3v) is 5.12. The van der Waals surface area contributed by atoms with Gasteiger partial charge >= 0.3 is 5.97 Å². The Kier molecular flexibility index (Phi) is 6.72. The molecule has 174 valence electrons. The fourth-order valence-corrected chi connectivity index (χ4v) is 3.28. The minimum atomic E-state index is -0.482. The second-order valence-corrected chi connectivity index (χ2v) is 7.49. The summed E-state index contributed by atoms with van der Waals surface area (Å²) >= 11 is 0. The molecule has 1 N–H and O–H groups in total. The van der Waals surface area contributed by atoms with Crippen molar-refractivity contribution in [3.8, 4) is 11.4 Å². The fraction of sp³-hybridized carbons (Fsp3) is 0.200. The summed E-state index contributed by atoms with van der Waals surface area (Å²) in [6.07, 6.45) is 1.66. The molecule has 9 nitrogen and oxygen atoms in total. The number of nitrogens with one attached hydrogen (secondary N) is 1. The van der Waals surface area contributed by atoms with Crippen molar-refractivity contribution in [3.63, 3.8) is 0 Å². The third kappa shape index (κ3) is 5.15. The zero-order chi connectivity index (χ0) is 24.1. The van der Waals surface area contributed by atoms with E-state index in [4.69, 9.17) is 14.0 Å². The molecule has 0 unspecified atom stereocenters. The number of rotatable bonds is 8. The van der Waals surface area contributed by atoms with Crippen LogP contribution < -0.4 is 10.1 Å². The summed E-state index contributed by atoms with van der Waals surface area (Å²) in [5.74, 6) is 0.615. The highest BCUT2D eigenvalue weighted by molar-refractivity contribution is 6.04. The Bertz CT molecular complexity index is 1290. The number of aromatic nitrogens is 3. The Hall–Kier alpha value is -4.40. The minimum absolute atomic E-state index is 0.216. The standard InChI is InChI=1S/C25H24N4O5/c1-4-32-25(31)23-12-13-29(27-23)20-7-5-6-19(14-20)26-24(30)18-8-10-21(11-9-18)33-15-22-16(2)28-34-17(22)3/h5-14H,4,15H2,1-3H3,(H,26,30). The van der Waals surface area contributed by atoms with Crippen LogP contribution in [0.4, 0.5) is 5.69 Å². The molecule has 9 heteroatoms. The molecule has 4 rings (SSSR count). The summed E-state index contributed by atoms with van der Waals surface area (Å²) < 4.78 is 17.4. The van der Waals surface area contributed by atoms with E-state index in [1.807, 2.05) is 19.9 Å².